The molecule has 0 heterocycles. The smallest absolute Gasteiger partial charge is 0.115 e. The molecule has 1 nitrogen and oxygen atoms in total. The van der Waals surface area contributed by atoms with Gasteiger partial charge in [-0.15, -0.1) is 0 Å². The van der Waals surface area contributed by atoms with Gasteiger partial charge in [-0.3, -0.25) is 0 Å². The SMILES string of the molecule is CC(C[Si](C)(C)[Si](C)(C)c1ccccc1)c1cccc(O)c1. The lowest BCUT2D eigenvalue weighted by atomic mass is 10.0. The lowest BCUT2D eigenvalue weighted by Crippen LogP contribution is -2.63. The maximum atomic E-state index is 9.72. The largest absolute Gasteiger partial charge is 0.508 e. The van der Waals surface area contributed by atoms with Crippen LogP contribution in [-0.4, -0.2) is 20.3 Å². The lowest BCUT2D eigenvalue weighted by molar-refractivity contribution is 0.474. The van der Waals surface area contributed by atoms with Crippen LogP contribution in [0.5, 0.6) is 5.75 Å². The lowest BCUT2D eigenvalue weighted by Gasteiger charge is -2.40. The minimum atomic E-state index is -1.44. The van der Waals surface area contributed by atoms with E-state index in [2.05, 4.69) is 69.5 Å². The number of rotatable bonds is 5. The standard InChI is InChI=1S/C19H28OSi2/c1-16(17-10-9-11-18(20)14-17)15-21(2,3)22(4,5)19-12-7-6-8-13-19/h6-14,16,20H,15H2,1-5H3. The molecule has 2 aromatic rings. The van der Waals surface area contributed by atoms with E-state index in [0.717, 1.165) is 0 Å². The van der Waals surface area contributed by atoms with Crippen LogP contribution in [0.25, 0.3) is 0 Å². The van der Waals surface area contributed by atoms with Gasteiger partial charge in [0.1, 0.15) is 5.75 Å². The van der Waals surface area contributed by atoms with Crippen LogP contribution in [0.4, 0.5) is 0 Å². The quantitative estimate of drug-likeness (QED) is 0.774. The molecular weight excluding hydrogens is 300 g/mol. The van der Waals surface area contributed by atoms with Crippen LogP contribution in [0.3, 0.4) is 0 Å². The molecule has 0 aliphatic rings. The molecule has 1 N–H and O–H groups in total. The van der Waals surface area contributed by atoms with Gasteiger partial charge < -0.3 is 5.11 Å². The van der Waals surface area contributed by atoms with Gasteiger partial charge in [-0.05, 0) is 23.6 Å². The summed E-state index contributed by atoms with van der Waals surface area (Å²) < 4.78 is 0. The van der Waals surface area contributed by atoms with Crippen molar-refractivity contribution in [3.05, 3.63) is 60.2 Å². The third kappa shape index (κ3) is 3.53. The highest BCUT2D eigenvalue weighted by Crippen LogP contribution is 2.32. The molecule has 3 heteroatoms. The Hall–Kier alpha value is -1.33. The second-order valence-corrected chi connectivity index (χ2v) is 23.4. The van der Waals surface area contributed by atoms with Crippen molar-refractivity contribution in [3.8, 4) is 5.75 Å². The zero-order valence-electron chi connectivity index (χ0n) is 14.4. The molecule has 2 rings (SSSR count). The third-order valence-electron chi connectivity index (χ3n) is 5.44. The van der Waals surface area contributed by atoms with Crippen LogP contribution in [0.1, 0.15) is 18.4 Å². The average molecular weight is 329 g/mol. The van der Waals surface area contributed by atoms with Crippen molar-refractivity contribution in [1.29, 1.82) is 0 Å². The second-order valence-electron chi connectivity index (χ2n) is 7.58. The molecule has 0 bridgehead atoms. The van der Waals surface area contributed by atoms with E-state index in [1.807, 2.05) is 12.1 Å². The van der Waals surface area contributed by atoms with Crippen molar-refractivity contribution in [1.82, 2.24) is 0 Å². The number of aromatic hydroxyl groups is 1. The summed E-state index contributed by atoms with van der Waals surface area (Å²) >= 11 is 0. The molecule has 0 aromatic heterocycles. The summed E-state index contributed by atoms with van der Waals surface area (Å²) in [6, 6.07) is 20.1. The highest BCUT2D eigenvalue weighted by Gasteiger charge is 2.42. The van der Waals surface area contributed by atoms with Crippen LogP contribution in [0.2, 0.25) is 32.2 Å². The summed E-state index contributed by atoms with van der Waals surface area (Å²) in [5.74, 6) is 0.882. The Morgan fingerprint density at radius 2 is 1.55 bits per heavy atom. The normalized spacial score (nSPS) is 13.9. The molecule has 0 fully saturated rings. The summed E-state index contributed by atoms with van der Waals surface area (Å²) in [5, 5.41) is 11.3. The zero-order valence-corrected chi connectivity index (χ0v) is 16.4. The fourth-order valence-corrected chi connectivity index (χ4v) is 12.6. The average Bonchev–Trinajstić information content (AvgIpc) is 2.47. The molecule has 0 aliphatic heterocycles. The Bertz CT molecular complexity index is 620. The van der Waals surface area contributed by atoms with Gasteiger partial charge in [-0.25, -0.2) is 0 Å². The topological polar surface area (TPSA) is 20.2 Å². The summed E-state index contributed by atoms with van der Waals surface area (Å²) in [6.45, 7) is 12.5. The molecular formula is C19H28OSi2. The molecule has 0 saturated heterocycles. The van der Waals surface area contributed by atoms with Crippen molar-refractivity contribution in [2.45, 2.75) is 45.1 Å². The molecule has 22 heavy (non-hydrogen) atoms. The Morgan fingerprint density at radius 3 is 2.14 bits per heavy atom. The van der Waals surface area contributed by atoms with Gasteiger partial charge in [0.2, 0.25) is 0 Å². The van der Waals surface area contributed by atoms with Crippen LogP contribution in [-0.2, 0) is 0 Å². The van der Waals surface area contributed by atoms with E-state index in [0.29, 0.717) is 11.7 Å². The summed E-state index contributed by atoms with van der Waals surface area (Å²) in [7, 11) is -2.82. The van der Waals surface area contributed by atoms with Crippen LogP contribution >= 0.6 is 0 Å². The first-order valence-corrected chi connectivity index (χ1v) is 15.3. The third-order valence-corrected chi connectivity index (χ3v) is 23.9. The molecule has 0 spiro atoms. The fraction of sp³-hybridized carbons (Fsp3) is 0.368. The van der Waals surface area contributed by atoms with E-state index in [9.17, 15) is 5.11 Å². The molecule has 0 radical (unpaired) electrons. The van der Waals surface area contributed by atoms with E-state index in [-0.39, 0.29) is 0 Å². The summed E-state index contributed by atoms with van der Waals surface area (Å²) in [4.78, 5) is 0. The van der Waals surface area contributed by atoms with Gasteiger partial charge in [0.05, 0.1) is 7.59 Å². The number of phenols is 1. The van der Waals surface area contributed by atoms with Gasteiger partial charge in [0.15, 0.2) is 0 Å². The predicted molar refractivity (Wildman–Crippen MR) is 102 cm³/mol. The first-order valence-electron chi connectivity index (χ1n) is 8.08. The number of phenolic OH excluding ortho intramolecular Hbond substituents is 1. The number of hydrogen-bond acceptors (Lipinski definition) is 1. The minimum absolute atomic E-state index is 0.378. The van der Waals surface area contributed by atoms with Gasteiger partial charge >= 0.3 is 0 Å². The van der Waals surface area contributed by atoms with Crippen molar-refractivity contribution < 1.29 is 5.11 Å². The first kappa shape index (κ1) is 17.0. The van der Waals surface area contributed by atoms with E-state index in [1.165, 1.54) is 11.6 Å². The molecule has 0 aliphatic carbocycles. The number of hydrogen-bond donors (Lipinski definition) is 1. The Labute approximate surface area is 136 Å². The summed E-state index contributed by atoms with van der Waals surface area (Å²) in [5.41, 5.74) is 1.26. The Kier molecular flexibility index (Phi) is 4.98. The maximum Gasteiger partial charge on any atom is 0.115 e. The molecule has 118 valence electrons. The van der Waals surface area contributed by atoms with E-state index >= 15 is 0 Å². The number of benzene rings is 2. The van der Waals surface area contributed by atoms with Gasteiger partial charge in [-0.1, -0.05) is 86.8 Å². The van der Waals surface area contributed by atoms with Crippen molar-refractivity contribution >= 4 is 20.4 Å². The van der Waals surface area contributed by atoms with E-state index in [4.69, 9.17) is 0 Å². The minimum Gasteiger partial charge on any atom is -0.508 e. The van der Waals surface area contributed by atoms with Crippen molar-refractivity contribution in [2.24, 2.45) is 0 Å². The molecule has 1 unspecified atom stereocenters. The van der Waals surface area contributed by atoms with Gasteiger partial charge in [0, 0.05) is 7.59 Å². The predicted octanol–water partition coefficient (Wildman–Crippen LogP) is 4.90. The highest BCUT2D eigenvalue weighted by molar-refractivity contribution is 7.45. The van der Waals surface area contributed by atoms with Crippen molar-refractivity contribution in [2.75, 3.05) is 0 Å². The highest BCUT2D eigenvalue weighted by atomic mass is 29.3. The molecule has 0 amide bonds. The van der Waals surface area contributed by atoms with Gasteiger partial charge in [0.25, 0.3) is 0 Å². The Morgan fingerprint density at radius 1 is 0.909 bits per heavy atom. The van der Waals surface area contributed by atoms with E-state index in [1.54, 1.807) is 11.3 Å². The first-order chi connectivity index (χ1) is 10.2. The maximum absolute atomic E-state index is 9.72. The zero-order chi connectivity index (χ0) is 16.4. The Balaban J connectivity index is 2.23. The molecule has 2 aromatic carbocycles. The van der Waals surface area contributed by atoms with Crippen molar-refractivity contribution in [3.63, 3.8) is 0 Å². The fourth-order valence-electron chi connectivity index (χ4n) is 3.22. The van der Waals surface area contributed by atoms with Crippen LogP contribution < -0.4 is 5.19 Å². The van der Waals surface area contributed by atoms with Crippen LogP contribution in [0.15, 0.2) is 54.6 Å². The van der Waals surface area contributed by atoms with E-state index < -0.39 is 15.2 Å². The molecule has 1 atom stereocenters. The summed E-state index contributed by atoms with van der Waals surface area (Å²) in [6.07, 6.45) is 0. The monoisotopic (exact) mass is 328 g/mol. The van der Waals surface area contributed by atoms with Crippen LogP contribution in [0, 0.1) is 0 Å². The molecule has 0 saturated carbocycles. The second kappa shape index (κ2) is 6.43. The van der Waals surface area contributed by atoms with Gasteiger partial charge in [-0.2, -0.15) is 0 Å².